The lowest BCUT2D eigenvalue weighted by molar-refractivity contribution is 0.132. The standard InChI is InChI=1S/C17H28N2O3.ClH/c1-20-15-8-7-13(16(21-2)17(15)22-3)12-19-11-5-4-6-14(19)9-10-18;/h7-8,14H,4-6,9-12,18H2,1-3H3;1H. The van der Waals surface area contributed by atoms with Gasteiger partial charge in [0, 0.05) is 18.2 Å². The molecule has 0 spiro atoms. The second-order valence-electron chi connectivity index (χ2n) is 5.69. The maximum atomic E-state index is 5.77. The summed E-state index contributed by atoms with van der Waals surface area (Å²) in [4.78, 5) is 2.51. The van der Waals surface area contributed by atoms with Gasteiger partial charge in [-0.2, -0.15) is 0 Å². The summed E-state index contributed by atoms with van der Waals surface area (Å²) in [7, 11) is 4.95. The van der Waals surface area contributed by atoms with E-state index in [0.29, 0.717) is 17.5 Å². The predicted molar refractivity (Wildman–Crippen MR) is 95.1 cm³/mol. The van der Waals surface area contributed by atoms with E-state index >= 15 is 0 Å². The Morgan fingerprint density at radius 3 is 2.43 bits per heavy atom. The van der Waals surface area contributed by atoms with Gasteiger partial charge in [0.05, 0.1) is 21.3 Å². The third-order valence-corrected chi connectivity index (χ3v) is 4.41. The summed E-state index contributed by atoms with van der Waals surface area (Å²) in [6.45, 7) is 2.71. The molecule has 0 radical (unpaired) electrons. The zero-order valence-corrected chi connectivity index (χ0v) is 15.2. The SMILES string of the molecule is COc1ccc(CN2CCCCC2CCN)c(OC)c1OC.Cl. The summed E-state index contributed by atoms with van der Waals surface area (Å²) in [6, 6.07) is 4.57. The number of likely N-dealkylation sites (tertiary alicyclic amines) is 1. The van der Waals surface area contributed by atoms with Gasteiger partial charge in [-0.15, -0.1) is 12.4 Å². The van der Waals surface area contributed by atoms with Crippen LogP contribution in [0.5, 0.6) is 17.2 Å². The van der Waals surface area contributed by atoms with Crippen LogP contribution in [0.15, 0.2) is 12.1 Å². The molecule has 23 heavy (non-hydrogen) atoms. The van der Waals surface area contributed by atoms with Crippen molar-refractivity contribution in [3.63, 3.8) is 0 Å². The predicted octanol–water partition coefficient (Wildman–Crippen LogP) is 2.84. The molecular formula is C17H29ClN2O3. The number of hydrogen-bond donors (Lipinski definition) is 1. The van der Waals surface area contributed by atoms with Crippen LogP contribution in [-0.2, 0) is 6.54 Å². The van der Waals surface area contributed by atoms with Crippen molar-refractivity contribution in [2.45, 2.75) is 38.3 Å². The molecule has 2 rings (SSSR count). The first-order valence-electron chi connectivity index (χ1n) is 7.97. The molecule has 1 aliphatic heterocycles. The van der Waals surface area contributed by atoms with Crippen LogP contribution in [0.2, 0.25) is 0 Å². The minimum absolute atomic E-state index is 0. The quantitative estimate of drug-likeness (QED) is 0.824. The zero-order chi connectivity index (χ0) is 15.9. The molecule has 1 aromatic carbocycles. The van der Waals surface area contributed by atoms with Crippen molar-refractivity contribution in [1.29, 1.82) is 0 Å². The van der Waals surface area contributed by atoms with Crippen molar-refractivity contribution in [2.24, 2.45) is 5.73 Å². The third-order valence-electron chi connectivity index (χ3n) is 4.41. The molecule has 1 aromatic rings. The van der Waals surface area contributed by atoms with Crippen LogP contribution in [0.1, 0.15) is 31.2 Å². The number of rotatable bonds is 7. The fourth-order valence-corrected chi connectivity index (χ4v) is 3.29. The Morgan fingerprint density at radius 1 is 1.09 bits per heavy atom. The first-order valence-corrected chi connectivity index (χ1v) is 7.97. The van der Waals surface area contributed by atoms with Gasteiger partial charge in [-0.05, 0) is 38.4 Å². The minimum atomic E-state index is 0. The highest BCUT2D eigenvalue weighted by molar-refractivity contribution is 5.85. The lowest BCUT2D eigenvalue weighted by Gasteiger charge is -2.36. The highest BCUT2D eigenvalue weighted by Gasteiger charge is 2.24. The molecular weight excluding hydrogens is 316 g/mol. The fourth-order valence-electron chi connectivity index (χ4n) is 3.29. The van der Waals surface area contributed by atoms with E-state index in [1.165, 1.54) is 19.3 Å². The van der Waals surface area contributed by atoms with Crippen LogP contribution < -0.4 is 19.9 Å². The number of piperidine rings is 1. The summed E-state index contributed by atoms with van der Waals surface area (Å²) in [5.41, 5.74) is 6.90. The van der Waals surface area contributed by atoms with E-state index in [9.17, 15) is 0 Å². The monoisotopic (exact) mass is 344 g/mol. The van der Waals surface area contributed by atoms with Gasteiger partial charge < -0.3 is 19.9 Å². The van der Waals surface area contributed by atoms with Gasteiger partial charge in [0.15, 0.2) is 11.5 Å². The molecule has 1 saturated heterocycles. The normalized spacial score (nSPS) is 18.2. The zero-order valence-electron chi connectivity index (χ0n) is 14.3. The van der Waals surface area contributed by atoms with Crippen LogP contribution in [0.4, 0.5) is 0 Å². The lowest BCUT2D eigenvalue weighted by atomic mass is 9.98. The summed E-state index contributed by atoms with van der Waals surface area (Å²) >= 11 is 0. The number of methoxy groups -OCH3 is 3. The molecule has 0 aromatic heterocycles. The van der Waals surface area contributed by atoms with Gasteiger partial charge >= 0.3 is 0 Å². The fraction of sp³-hybridized carbons (Fsp3) is 0.647. The van der Waals surface area contributed by atoms with Gasteiger partial charge in [0.2, 0.25) is 5.75 Å². The van der Waals surface area contributed by atoms with Gasteiger partial charge in [-0.1, -0.05) is 12.5 Å². The minimum Gasteiger partial charge on any atom is -0.493 e. The molecule has 0 aliphatic carbocycles. The van der Waals surface area contributed by atoms with Crippen LogP contribution in [0.25, 0.3) is 0 Å². The second-order valence-corrected chi connectivity index (χ2v) is 5.69. The molecule has 1 unspecified atom stereocenters. The van der Waals surface area contributed by atoms with Gasteiger partial charge in [-0.25, -0.2) is 0 Å². The van der Waals surface area contributed by atoms with E-state index in [-0.39, 0.29) is 12.4 Å². The van der Waals surface area contributed by atoms with E-state index in [1.54, 1.807) is 21.3 Å². The summed E-state index contributed by atoms with van der Waals surface area (Å²) in [5.74, 6) is 2.12. The summed E-state index contributed by atoms with van der Waals surface area (Å²) < 4.78 is 16.4. The number of benzene rings is 1. The molecule has 2 N–H and O–H groups in total. The van der Waals surface area contributed by atoms with Gasteiger partial charge in [0.1, 0.15) is 0 Å². The summed E-state index contributed by atoms with van der Waals surface area (Å²) in [6.07, 6.45) is 4.82. The molecule has 0 saturated carbocycles. The number of halogens is 1. The van der Waals surface area contributed by atoms with Crippen molar-refractivity contribution in [3.8, 4) is 17.2 Å². The Kier molecular flexibility index (Phi) is 8.52. The third kappa shape index (κ3) is 4.66. The number of nitrogens with zero attached hydrogens (tertiary/aromatic N) is 1. The average molecular weight is 345 g/mol. The molecule has 0 bridgehead atoms. The Hall–Kier alpha value is -1.17. The number of nitrogens with two attached hydrogens (primary N) is 1. The van der Waals surface area contributed by atoms with Crippen LogP contribution in [-0.4, -0.2) is 45.4 Å². The molecule has 6 heteroatoms. The van der Waals surface area contributed by atoms with Crippen LogP contribution in [0, 0.1) is 0 Å². The lowest BCUT2D eigenvalue weighted by Crippen LogP contribution is -2.40. The molecule has 132 valence electrons. The van der Waals surface area contributed by atoms with Gasteiger partial charge in [0.25, 0.3) is 0 Å². The Balaban J connectivity index is 0.00000264. The van der Waals surface area contributed by atoms with E-state index in [1.807, 2.05) is 6.07 Å². The number of ether oxygens (including phenoxy) is 3. The maximum absolute atomic E-state index is 5.77. The molecule has 1 aliphatic rings. The highest BCUT2D eigenvalue weighted by Crippen LogP contribution is 2.40. The largest absolute Gasteiger partial charge is 0.493 e. The van der Waals surface area contributed by atoms with Crippen molar-refractivity contribution in [2.75, 3.05) is 34.4 Å². The van der Waals surface area contributed by atoms with Crippen molar-refractivity contribution < 1.29 is 14.2 Å². The molecule has 1 heterocycles. The Labute approximate surface area is 145 Å². The van der Waals surface area contributed by atoms with E-state index in [4.69, 9.17) is 19.9 Å². The van der Waals surface area contributed by atoms with Crippen molar-refractivity contribution >= 4 is 12.4 Å². The number of hydrogen-bond acceptors (Lipinski definition) is 5. The molecule has 1 atom stereocenters. The van der Waals surface area contributed by atoms with E-state index < -0.39 is 0 Å². The van der Waals surface area contributed by atoms with Crippen LogP contribution >= 0.6 is 12.4 Å². The van der Waals surface area contributed by atoms with Crippen LogP contribution in [0.3, 0.4) is 0 Å². The topological polar surface area (TPSA) is 57.0 Å². The Morgan fingerprint density at radius 2 is 1.83 bits per heavy atom. The maximum Gasteiger partial charge on any atom is 0.203 e. The van der Waals surface area contributed by atoms with E-state index in [0.717, 1.165) is 37.4 Å². The average Bonchev–Trinajstić information content (AvgIpc) is 2.56. The Bertz CT molecular complexity index is 483. The summed E-state index contributed by atoms with van der Waals surface area (Å²) in [5, 5.41) is 0. The molecule has 0 amide bonds. The smallest absolute Gasteiger partial charge is 0.203 e. The first kappa shape index (κ1) is 19.9. The first-order chi connectivity index (χ1) is 10.7. The van der Waals surface area contributed by atoms with E-state index in [2.05, 4.69) is 11.0 Å². The molecule has 5 nitrogen and oxygen atoms in total. The second kappa shape index (κ2) is 9.85. The van der Waals surface area contributed by atoms with Crippen molar-refractivity contribution in [1.82, 2.24) is 4.90 Å². The van der Waals surface area contributed by atoms with Gasteiger partial charge in [-0.3, -0.25) is 4.90 Å². The molecule has 1 fully saturated rings. The van der Waals surface area contributed by atoms with Crippen molar-refractivity contribution in [3.05, 3.63) is 17.7 Å². The highest BCUT2D eigenvalue weighted by atomic mass is 35.5.